The molecule has 1 aliphatic rings. The quantitative estimate of drug-likeness (QED) is 0.747. The molecule has 0 bridgehead atoms. The summed E-state index contributed by atoms with van der Waals surface area (Å²) >= 11 is 0. The molecule has 0 aliphatic heterocycles. The number of nitrogens with one attached hydrogen (secondary N) is 2. The van der Waals surface area contributed by atoms with Gasteiger partial charge in [0.1, 0.15) is 5.82 Å². The standard InChI is InChI=1S/C16H23N3/c1-2-13(12-9-10-12)17-11-5-8-16-18-14-6-3-4-7-15(14)19-16/h3-4,6-7,12-13,17H,2,5,8-11H2,1H3,(H,18,19)/t13-/m0/s1. The Labute approximate surface area is 114 Å². The van der Waals surface area contributed by atoms with Crippen molar-refractivity contribution in [1.29, 1.82) is 0 Å². The van der Waals surface area contributed by atoms with Gasteiger partial charge < -0.3 is 10.3 Å². The second kappa shape index (κ2) is 5.74. The molecular formula is C16H23N3. The van der Waals surface area contributed by atoms with Crippen molar-refractivity contribution < 1.29 is 0 Å². The predicted molar refractivity (Wildman–Crippen MR) is 79.2 cm³/mol. The lowest BCUT2D eigenvalue weighted by Gasteiger charge is -2.15. The number of para-hydroxylation sites is 2. The second-order valence-corrected chi connectivity index (χ2v) is 5.61. The normalized spacial score (nSPS) is 16.9. The Kier molecular flexibility index (Phi) is 3.83. The van der Waals surface area contributed by atoms with Crippen LogP contribution in [0.1, 0.15) is 38.4 Å². The number of aromatic nitrogens is 2. The molecule has 102 valence electrons. The lowest BCUT2D eigenvalue weighted by Crippen LogP contribution is -2.31. The van der Waals surface area contributed by atoms with E-state index in [4.69, 9.17) is 0 Å². The van der Waals surface area contributed by atoms with E-state index in [1.54, 1.807) is 0 Å². The minimum atomic E-state index is 0.746. The van der Waals surface area contributed by atoms with Crippen LogP contribution in [0, 0.1) is 5.92 Å². The summed E-state index contributed by atoms with van der Waals surface area (Å²) < 4.78 is 0. The van der Waals surface area contributed by atoms with Crippen molar-refractivity contribution in [1.82, 2.24) is 15.3 Å². The molecule has 0 saturated heterocycles. The first-order valence-electron chi connectivity index (χ1n) is 7.54. The maximum absolute atomic E-state index is 4.61. The maximum Gasteiger partial charge on any atom is 0.107 e. The average Bonchev–Trinajstić information content (AvgIpc) is 3.18. The van der Waals surface area contributed by atoms with Crippen molar-refractivity contribution >= 4 is 11.0 Å². The van der Waals surface area contributed by atoms with Gasteiger partial charge in [-0.1, -0.05) is 19.1 Å². The van der Waals surface area contributed by atoms with Crippen molar-refractivity contribution in [3.63, 3.8) is 0 Å². The van der Waals surface area contributed by atoms with E-state index in [2.05, 4.69) is 34.3 Å². The van der Waals surface area contributed by atoms with E-state index < -0.39 is 0 Å². The number of benzene rings is 1. The Hall–Kier alpha value is -1.35. The Morgan fingerprint density at radius 3 is 2.95 bits per heavy atom. The lowest BCUT2D eigenvalue weighted by molar-refractivity contribution is 0.445. The fourth-order valence-corrected chi connectivity index (χ4v) is 2.81. The zero-order valence-corrected chi connectivity index (χ0v) is 11.7. The second-order valence-electron chi connectivity index (χ2n) is 5.61. The predicted octanol–water partition coefficient (Wildman–Crippen LogP) is 3.27. The van der Waals surface area contributed by atoms with Gasteiger partial charge in [-0.05, 0) is 50.3 Å². The van der Waals surface area contributed by atoms with Gasteiger partial charge >= 0.3 is 0 Å². The van der Waals surface area contributed by atoms with Crippen LogP contribution in [0.25, 0.3) is 11.0 Å². The smallest absolute Gasteiger partial charge is 0.107 e. The van der Waals surface area contributed by atoms with Gasteiger partial charge in [-0.15, -0.1) is 0 Å². The van der Waals surface area contributed by atoms with Gasteiger partial charge in [-0.3, -0.25) is 0 Å². The van der Waals surface area contributed by atoms with Crippen molar-refractivity contribution in [2.75, 3.05) is 6.54 Å². The number of aryl methyl sites for hydroxylation is 1. The number of H-pyrrole nitrogens is 1. The number of hydrogen-bond acceptors (Lipinski definition) is 2. The van der Waals surface area contributed by atoms with Crippen LogP contribution in [0.15, 0.2) is 24.3 Å². The highest BCUT2D eigenvalue weighted by Crippen LogP contribution is 2.33. The number of aromatic amines is 1. The molecular weight excluding hydrogens is 234 g/mol. The van der Waals surface area contributed by atoms with Crippen LogP contribution >= 0.6 is 0 Å². The van der Waals surface area contributed by atoms with Gasteiger partial charge in [0.25, 0.3) is 0 Å². The largest absolute Gasteiger partial charge is 0.342 e. The molecule has 0 unspecified atom stereocenters. The van der Waals surface area contributed by atoms with Gasteiger partial charge in [0.2, 0.25) is 0 Å². The number of rotatable bonds is 7. The fourth-order valence-electron chi connectivity index (χ4n) is 2.81. The van der Waals surface area contributed by atoms with Crippen molar-refractivity contribution in [3.8, 4) is 0 Å². The minimum absolute atomic E-state index is 0.746. The summed E-state index contributed by atoms with van der Waals surface area (Å²) in [6.07, 6.45) is 6.30. The SMILES string of the molecule is CC[C@H](NCCCc1nc2ccccc2[nH]1)C1CC1. The lowest BCUT2D eigenvalue weighted by atomic mass is 10.1. The summed E-state index contributed by atoms with van der Waals surface area (Å²) in [4.78, 5) is 8.01. The molecule has 1 heterocycles. The fraction of sp³-hybridized carbons (Fsp3) is 0.562. The van der Waals surface area contributed by atoms with Crippen LogP contribution in [0.4, 0.5) is 0 Å². The monoisotopic (exact) mass is 257 g/mol. The molecule has 0 amide bonds. The first kappa shape index (κ1) is 12.7. The van der Waals surface area contributed by atoms with E-state index in [1.165, 1.54) is 19.3 Å². The van der Waals surface area contributed by atoms with Gasteiger partial charge in [0, 0.05) is 12.5 Å². The number of fused-ring (bicyclic) bond motifs is 1. The number of nitrogens with zero attached hydrogens (tertiary/aromatic N) is 1. The number of imidazole rings is 1. The van der Waals surface area contributed by atoms with Crippen LogP contribution in [0.5, 0.6) is 0 Å². The summed E-state index contributed by atoms with van der Waals surface area (Å²) in [5.74, 6) is 2.07. The van der Waals surface area contributed by atoms with Crippen LogP contribution in [0.3, 0.4) is 0 Å². The Morgan fingerprint density at radius 1 is 1.37 bits per heavy atom. The summed E-state index contributed by atoms with van der Waals surface area (Å²) in [5.41, 5.74) is 2.23. The maximum atomic E-state index is 4.61. The van der Waals surface area contributed by atoms with Crippen molar-refractivity contribution in [3.05, 3.63) is 30.1 Å². The highest BCUT2D eigenvalue weighted by Gasteiger charge is 2.29. The summed E-state index contributed by atoms with van der Waals surface area (Å²) in [6, 6.07) is 8.98. The zero-order valence-electron chi connectivity index (χ0n) is 11.7. The van der Waals surface area contributed by atoms with Crippen molar-refractivity contribution in [2.24, 2.45) is 5.92 Å². The van der Waals surface area contributed by atoms with Crippen LogP contribution in [-0.2, 0) is 6.42 Å². The third kappa shape index (κ3) is 3.16. The summed E-state index contributed by atoms with van der Waals surface area (Å²) in [7, 11) is 0. The summed E-state index contributed by atoms with van der Waals surface area (Å²) in [5, 5.41) is 3.69. The topological polar surface area (TPSA) is 40.7 Å². The third-order valence-electron chi connectivity index (χ3n) is 4.07. The molecule has 3 heteroatoms. The Balaban J connectivity index is 1.46. The Morgan fingerprint density at radius 2 is 2.21 bits per heavy atom. The van der Waals surface area contributed by atoms with Gasteiger partial charge in [0.05, 0.1) is 11.0 Å². The first-order chi connectivity index (χ1) is 9.36. The minimum Gasteiger partial charge on any atom is -0.342 e. The number of hydrogen-bond donors (Lipinski definition) is 2. The van der Waals surface area contributed by atoms with Gasteiger partial charge in [-0.25, -0.2) is 4.98 Å². The van der Waals surface area contributed by atoms with E-state index in [-0.39, 0.29) is 0 Å². The molecule has 3 rings (SSSR count). The van der Waals surface area contributed by atoms with E-state index in [0.29, 0.717) is 0 Å². The molecule has 19 heavy (non-hydrogen) atoms. The molecule has 0 spiro atoms. The molecule has 1 saturated carbocycles. The highest BCUT2D eigenvalue weighted by atomic mass is 14.9. The summed E-state index contributed by atoms with van der Waals surface area (Å²) in [6.45, 7) is 3.39. The molecule has 3 nitrogen and oxygen atoms in total. The van der Waals surface area contributed by atoms with Crippen molar-refractivity contribution in [2.45, 2.75) is 45.1 Å². The van der Waals surface area contributed by atoms with E-state index in [1.807, 2.05) is 12.1 Å². The molecule has 1 fully saturated rings. The van der Waals surface area contributed by atoms with Crippen LogP contribution < -0.4 is 5.32 Å². The molecule has 2 N–H and O–H groups in total. The molecule has 2 aromatic rings. The average molecular weight is 257 g/mol. The molecule has 1 atom stereocenters. The van der Waals surface area contributed by atoms with Crippen LogP contribution in [-0.4, -0.2) is 22.6 Å². The first-order valence-corrected chi connectivity index (χ1v) is 7.54. The third-order valence-corrected chi connectivity index (χ3v) is 4.07. The van der Waals surface area contributed by atoms with E-state index >= 15 is 0 Å². The molecule has 1 aromatic carbocycles. The highest BCUT2D eigenvalue weighted by molar-refractivity contribution is 5.74. The molecule has 1 aliphatic carbocycles. The zero-order chi connectivity index (χ0) is 13.1. The van der Waals surface area contributed by atoms with Gasteiger partial charge in [0.15, 0.2) is 0 Å². The van der Waals surface area contributed by atoms with E-state index in [9.17, 15) is 0 Å². The Bertz CT molecular complexity index is 495. The molecule has 0 radical (unpaired) electrons. The van der Waals surface area contributed by atoms with Crippen LogP contribution in [0.2, 0.25) is 0 Å². The van der Waals surface area contributed by atoms with Gasteiger partial charge in [-0.2, -0.15) is 0 Å². The van der Waals surface area contributed by atoms with E-state index in [0.717, 1.165) is 48.2 Å². The molecule has 1 aromatic heterocycles.